The molecule has 1 N–H and O–H groups in total. The number of rotatable bonds is 1. The van der Waals surface area contributed by atoms with E-state index < -0.39 is 0 Å². The van der Waals surface area contributed by atoms with Gasteiger partial charge in [-0.05, 0) is 50.4 Å². The summed E-state index contributed by atoms with van der Waals surface area (Å²) in [6, 6.07) is 0. The van der Waals surface area contributed by atoms with Gasteiger partial charge in [0.2, 0.25) is 0 Å². The minimum absolute atomic E-state index is 0.101. The molecule has 1 saturated heterocycles. The summed E-state index contributed by atoms with van der Waals surface area (Å²) in [6.07, 6.45) is 9.47. The fraction of sp³-hybridized carbons (Fsp3) is 1.00. The highest BCUT2D eigenvalue weighted by atomic mass is 16.5. The van der Waals surface area contributed by atoms with Crippen LogP contribution in [0.2, 0.25) is 0 Å². The first kappa shape index (κ1) is 9.17. The maximum Gasteiger partial charge on any atom is 0.119 e. The Bertz CT molecular complexity index is 196. The Balaban J connectivity index is 1.57. The molecule has 3 aliphatic rings. The van der Waals surface area contributed by atoms with Gasteiger partial charge in [0.05, 0.1) is 6.61 Å². The molecule has 1 unspecified atom stereocenters. The van der Waals surface area contributed by atoms with Crippen molar-refractivity contribution in [3.63, 3.8) is 0 Å². The van der Waals surface area contributed by atoms with E-state index in [1.165, 1.54) is 51.5 Å². The molecule has 3 rings (SSSR count). The monoisotopic (exact) mass is 195 g/mol. The highest BCUT2D eigenvalue weighted by molar-refractivity contribution is 4.91. The van der Waals surface area contributed by atoms with E-state index >= 15 is 0 Å². The lowest BCUT2D eigenvalue weighted by Crippen LogP contribution is -2.56. The van der Waals surface area contributed by atoms with Crippen LogP contribution in [0.25, 0.3) is 0 Å². The normalized spacial score (nSPS) is 37.3. The molecule has 0 amide bonds. The van der Waals surface area contributed by atoms with E-state index in [-0.39, 0.29) is 5.72 Å². The summed E-state index contributed by atoms with van der Waals surface area (Å²) in [5, 5.41) is 3.68. The molecule has 3 fully saturated rings. The Morgan fingerprint density at radius 2 is 1.79 bits per heavy atom. The van der Waals surface area contributed by atoms with Crippen LogP contribution >= 0.6 is 0 Å². The second-order valence-corrected chi connectivity index (χ2v) is 5.34. The lowest BCUT2D eigenvalue weighted by atomic mass is 9.89. The first-order valence-corrected chi connectivity index (χ1v) is 6.27. The first-order chi connectivity index (χ1) is 6.88. The van der Waals surface area contributed by atoms with Gasteiger partial charge in [-0.25, -0.2) is 0 Å². The Kier molecular flexibility index (Phi) is 2.29. The van der Waals surface area contributed by atoms with E-state index in [0.29, 0.717) is 0 Å². The average molecular weight is 195 g/mol. The van der Waals surface area contributed by atoms with Crippen LogP contribution in [0.1, 0.15) is 44.9 Å². The minimum atomic E-state index is 0.101. The van der Waals surface area contributed by atoms with Gasteiger partial charge in [-0.1, -0.05) is 6.42 Å². The molecule has 2 heteroatoms. The Morgan fingerprint density at radius 1 is 1.00 bits per heavy atom. The highest BCUT2D eigenvalue weighted by Gasteiger charge is 2.41. The standard InChI is InChI=1S/C12H21NO/c1-2-6-12(7-3-1)13-8-11(9-14-12)10-4-5-10/h10-11,13H,1-9H2. The van der Waals surface area contributed by atoms with E-state index in [2.05, 4.69) is 5.32 Å². The van der Waals surface area contributed by atoms with Crippen LogP contribution in [0.3, 0.4) is 0 Å². The first-order valence-electron chi connectivity index (χ1n) is 6.27. The minimum Gasteiger partial charge on any atom is -0.360 e. The molecule has 0 aromatic carbocycles. The largest absolute Gasteiger partial charge is 0.360 e. The summed E-state index contributed by atoms with van der Waals surface area (Å²) in [7, 11) is 0. The van der Waals surface area contributed by atoms with Crippen molar-refractivity contribution in [2.75, 3.05) is 13.2 Å². The Labute approximate surface area is 86.4 Å². The quantitative estimate of drug-likeness (QED) is 0.693. The summed E-state index contributed by atoms with van der Waals surface area (Å²) in [5.41, 5.74) is 0.101. The molecular weight excluding hydrogens is 174 g/mol. The molecule has 2 aliphatic carbocycles. The van der Waals surface area contributed by atoms with E-state index in [4.69, 9.17) is 4.74 Å². The maximum atomic E-state index is 6.11. The van der Waals surface area contributed by atoms with Gasteiger partial charge in [0.25, 0.3) is 0 Å². The second-order valence-electron chi connectivity index (χ2n) is 5.34. The number of ether oxygens (including phenoxy) is 1. The molecule has 2 saturated carbocycles. The van der Waals surface area contributed by atoms with E-state index in [9.17, 15) is 0 Å². The van der Waals surface area contributed by atoms with Crippen LogP contribution < -0.4 is 5.32 Å². The summed E-state index contributed by atoms with van der Waals surface area (Å²) < 4.78 is 6.11. The van der Waals surface area contributed by atoms with Gasteiger partial charge in [0.15, 0.2) is 0 Å². The van der Waals surface area contributed by atoms with Crippen molar-refractivity contribution in [2.45, 2.75) is 50.7 Å². The molecule has 2 nitrogen and oxygen atoms in total. The molecule has 0 aromatic rings. The van der Waals surface area contributed by atoms with Crippen LogP contribution in [-0.4, -0.2) is 18.9 Å². The molecule has 1 atom stereocenters. The average Bonchev–Trinajstić information content (AvgIpc) is 3.04. The maximum absolute atomic E-state index is 6.11. The molecule has 80 valence electrons. The fourth-order valence-electron chi connectivity index (χ4n) is 3.01. The molecule has 0 bridgehead atoms. The third kappa shape index (κ3) is 1.70. The Hall–Kier alpha value is -0.0800. The smallest absolute Gasteiger partial charge is 0.119 e. The van der Waals surface area contributed by atoms with Gasteiger partial charge >= 0.3 is 0 Å². The molecule has 0 radical (unpaired) electrons. The van der Waals surface area contributed by atoms with Crippen LogP contribution in [-0.2, 0) is 4.74 Å². The predicted molar refractivity (Wildman–Crippen MR) is 56.0 cm³/mol. The van der Waals surface area contributed by atoms with E-state index in [1.54, 1.807) is 0 Å². The van der Waals surface area contributed by atoms with Gasteiger partial charge in [0, 0.05) is 6.54 Å². The number of hydrogen-bond acceptors (Lipinski definition) is 2. The third-order valence-corrected chi connectivity index (χ3v) is 4.21. The van der Waals surface area contributed by atoms with Crippen molar-refractivity contribution in [3.05, 3.63) is 0 Å². The van der Waals surface area contributed by atoms with Crippen LogP contribution in [0.4, 0.5) is 0 Å². The molecule has 1 heterocycles. The van der Waals surface area contributed by atoms with Crippen LogP contribution in [0, 0.1) is 11.8 Å². The highest BCUT2D eigenvalue weighted by Crippen LogP contribution is 2.40. The number of hydrogen-bond donors (Lipinski definition) is 1. The predicted octanol–water partition coefficient (Wildman–Crippen LogP) is 2.29. The fourth-order valence-corrected chi connectivity index (χ4v) is 3.01. The molecule has 1 spiro atoms. The van der Waals surface area contributed by atoms with Crippen molar-refractivity contribution in [1.29, 1.82) is 0 Å². The summed E-state index contributed by atoms with van der Waals surface area (Å²) in [5.74, 6) is 1.81. The van der Waals surface area contributed by atoms with E-state index in [0.717, 1.165) is 18.4 Å². The third-order valence-electron chi connectivity index (χ3n) is 4.21. The zero-order valence-corrected chi connectivity index (χ0v) is 8.93. The molecule has 14 heavy (non-hydrogen) atoms. The lowest BCUT2D eigenvalue weighted by molar-refractivity contribution is -0.137. The van der Waals surface area contributed by atoms with Gasteiger partial charge in [0.1, 0.15) is 5.72 Å². The van der Waals surface area contributed by atoms with Gasteiger partial charge in [-0.15, -0.1) is 0 Å². The van der Waals surface area contributed by atoms with Crippen molar-refractivity contribution >= 4 is 0 Å². The van der Waals surface area contributed by atoms with Gasteiger partial charge in [-0.3, -0.25) is 5.32 Å². The topological polar surface area (TPSA) is 21.3 Å². The molecule has 0 aromatic heterocycles. The van der Waals surface area contributed by atoms with Gasteiger partial charge in [-0.2, -0.15) is 0 Å². The van der Waals surface area contributed by atoms with Crippen molar-refractivity contribution in [1.82, 2.24) is 5.32 Å². The molecule has 1 aliphatic heterocycles. The van der Waals surface area contributed by atoms with Crippen molar-refractivity contribution < 1.29 is 4.74 Å². The Morgan fingerprint density at radius 3 is 2.36 bits per heavy atom. The lowest BCUT2D eigenvalue weighted by Gasteiger charge is -2.43. The SMILES string of the molecule is C1CCC2(CC1)NCC(C1CC1)CO2. The summed E-state index contributed by atoms with van der Waals surface area (Å²) in [4.78, 5) is 0. The zero-order chi connectivity index (χ0) is 9.43. The zero-order valence-electron chi connectivity index (χ0n) is 8.93. The van der Waals surface area contributed by atoms with E-state index in [1.807, 2.05) is 0 Å². The second kappa shape index (κ2) is 3.49. The van der Waals surface area contributed by atoms with Gasteiger partial charge < -0.3 is 4.74 Å². The van der Waals surface area contributed by atoms with Crippen molar-refractivity contribution in [3.8, 4) is 0 Å². The van der Waals surface area contributed by atoms with Crippen LogP contribution in [0.15, 0.2) is 0 Å². The summed E-state index contributed by atoms with van der Waals surface area (Å²) >= 11 is 0. The van der Waals surface area contributed by atoms with Crippen molar-refractivity contribution in [2.24, 2.45) is 11.8 Å². The summed E-state index contributed by atoms with van der Waals surface area (Å²) in [6.45, 7) is 2.24. The van der Waals surface area contributed by atoms with Crippen LogP contribution in [0.5, 0.6) is 0 Å². The number of nitrogens with one attached hydrogen (secondary N) is 1. The molecular formula is C12H21NO.